The van der Waals surface area contributed by atoms with E-state index in [2.05, 4.69) is 0 Å². The van der Waals surface area contributed by atoms with E-state index in [1.807, 2.05) is 27.7 Å². The number of ether oxygens (including phenoxy) is 1. The maximum atomic E-state index is 13.1. The highest BCUT2D eigenvalue weighted by atomic mass is 16.7. The number of rotatable bonds is 12. The number of nitrogens with zero attached hydrogens (tertiary/aromatic N) is 2. The molecule has 0 bridgehead atoms. The van der Waals surface area contributed by atoms with Crippen LogP contribution in [0, 0.1) is 10.8 Å². The minimum absolute atomic E-state index is 0.0154. The molecule has 2 fully saturated rings. The topological polar surface area (TPSA) is 110 Å². The molecule has 0 aromatic rings. The quantitative estimate of drug-likeness (QED) is 0.239. The van der Waals surface area contributed by atoms with Crippen molar-refractivity contribution in [2.24, 2.45) is 10.8 Å². The number of hydrogen-bond donors (Lipinski definition) is 0. The molecule has 2 atom stereocenters. The monoisotopic (exact) mass is 480 g/mol. The Kier molecular flexibility index (Phi) is 8.88. The van der Waals surface area contributed by atoms with Gasteiger partial charge in [-0.15, -0.1) is 5.06 Å². The Labute approximate surface area is 202 Å². The molecule has 34 heavy (non-hydrogen) atoms. The molecule has 192 valence electrons. The summed E-state index contributed by atoms with van der Waals surface area (Å²) in [7, 11) is 0. The summed E-state index contributed by atoms with van der Waals surface area (Å²) in [6, 6.07) is 0. The van der Waals surface area contributed by atoms with Crippen LogP contribution in [0.5, 0.6) is 0 Å². The SMILES string of the molecule is CCCCOC(=O)C(C)(CC)CC(C)(CC(C)(C)C(=O)ON1C(=O)CCC1=O)N1CCCC1=O. The lowest BCUT2D eigenvalue weighted by atomic mass is 9.69. The van der Waals surface area contributed by atoms with Gasteiger partial charge in [0.15, 0.2) is 0 Å². The number of esters is 1. The van der Waals surface area contributed by atoms with Gasteiger partial charge in [-0.25, -0.2) is 4.79 Å². The fraction of sp³-hybridized carbons (Fsp3) is 0.800. The fourth-order valence-electron chi connectivity index (χ4n) is 5.03. The van der Waals surface area contributed by atoms with Gasteiger partial charge in [0.2, 0.25) is 5.91 Å². The predicted molar refractivity (Wildman–Crippen MR) is 124 cm³/mol. The second kappa shape index (κ2) is 10.9. The van der Waals surface area contributed by atoms with Crippen molar-refractivity contribution in [2.75, 3.05) is 13.2 Å². The smallest absolute Gasteiger partial charge is 0.338 e. The van der Waals surface area contributed by atoms with E-state index in [4.69, 9.17) is 9.57 Å². The van der Waals surface area contributed by atoms with Gasteiger partial charge in [-0.05, 0) is 59.8 Å². The lowest BCUT2D eigenvalue weighted by molar-refractivity contribution is -0.205. The lowest BCUT2D eigenvalue weighted by Gasteiger charge is -2.47. The average Bonchev–Trinajstić information content (AvgIpc) is 3.34. The van der Waals surface area contributed by atoms with Gasteiger partial charge in [0, 0.05) is 31.3 Å². The van der Waals surface area contributed by atoms with Crippen molar-refractivity contribution in [3.8, 4) is 0 Å². The van der Waals surface area contributed by atoms with E-state index in [-0.39, 0.29) is 31.1 Å². The molecule has 2 aliphatic heterocycles. The molecule has 3 amide bonds. The van der Waals surface area contributed by atoms with E-state index >= 15 is 0 Å². The first-order valence-corrected chi connectivity index (χ1v) is 12.4. The van der Waals surface area contributed by atoms with Crippen molar-refractivity contribution in [1.29, 1.82) is 0 Å². The van der Waals surface area contributed by atoms with Crippen LogP contribution in [0.25, 0.3) is 0 Å². The molecule has 0 aromatic carbocycles. The molecule has 2 saturated heterocycles. The molecule has 0 N–H and O–H groups in total. The number of likely N-dealkylation sites (tertiary alicyclic amines) is 1. The number of carbonyl (C=O) groups is 5. The van der Waals surface area contributed by atoms with Gasteiger partial charge in [0.05, 0.1) is 17.4 Å². The van der Waals surface area contributed by atoms with Crippen LogP contribution in [0.1, 0.15) is 99.3 Å². The number of hydrogen-bond acceptors (Lipinski definition) is 7. The molecule has 2 rings (SSSR count). The van der Waals surface area contributed by atoms with Gasteiger partial charge in [-0.2, -0.15) is 0 Å². The van der Waals surface area contributed by atoms with Crippen molar-refractivity contribution in [3.63, 3.8) is 0 Å². The van der Waals surface area contributed by atoms with Crippen LogP contribution in [0.4, 0.5) is 0 Å². The number of unbranched alkanes of at least 4 members (excludes halogenated alkanes) is 1. The Hall–Kier alpha value is -2.45. The molecule has 2 unspecified atom stereocenters. The third-order valence-corrected chi connectivity index (χ3v) is 7.06. The standard InChI is InChI=1S/C25H40N2O7/c1-7-9-15-33-22(32)24(5,8-2)17-25(6,26-14-10-11-18(26)28)16-23(3,4)21(31)34-27-19(29)12-13-20(27)30/h7-17H2,1-6H3. The van der Waals surface area contributed by atoms with Gasteiger partial charge in [0.25, 0.3) is 11.8 Å². The van der Waals surface area contributed by atoms with Gasteiger partial charge in [-0.3, -0.25) is 19.2 Å². The highest BCUT2D eigenvalue weighted by molar-refractivity contribution is 6.01. The van der Waals surface area contributed by atoms with Crippen LogP contribution in [0.3, 0.4) is 0 Å². The minimum Gasteiger partial charge on any atom is -0.465 e. The highest BCUT2D eigenvalue weighted by Crippen LogP contribution is 2.44. The molecule has 2 aliphatic rings. The summed E-state index contributed by atoms with van der Waals surface area (Å²) < 4.78 is 5.55. The van der Waals surface area contributed by atoms with E-state index < -0.39 is 34.2 Å². The zero-order chi connectivity index (χ0) is 25.7. The largest absolute Gasteiger partial charge is 0.465 e. The highest BCUT2D eigenvalue weighted by Gasteiger charge is 2.50. The summed E-state index contributed by atoms with van der Waals surface area (Å²) in [6.45, 7) is 11.9. The summed E-state index contributed by atoms with van der Waals surface area (Å²) >= 11 is 0. The first-order valence-electron chi connectivity index (χ1n) is 12.4. The summed E-state index contributed by atoms with van der Waals surface area (Å²) in [5, 5.41) is 0.545. The van der Waals surface area contributed by atoms with Crippen molar-refractivity contribution >= 4 is 29.7 Å². The molecule has 0 aromatic heterocycles. The summed E-state index contributed by atoms with van der Waals surface area (Å²) in [5.74, 6) is -2.14. The fourth-order valence-corrected chi connectivity index (χ4v) is 5.03. The first kappa shape index (κ1) is 27.8. The maximum absolute atomic E-state index is 13.1. The number of hydroxylamine groups is 2. The molecule has 0 radical (unpaired) electrons. The Morgan fingerprint density at radius 3 is 2.00 bits per heavy atom. The number of amides is 3. The Morgan fingerprint density at radius 1 is 0.882 bits per heavy atom. The van der Waals surface area contributed by atoms with E-state index in [9.17, 15) is 24.0 Å². The zero-order valence-corrected chi connectivity index (χ0v) is 21.5. The summed E-state index contributed by atoms with van der Waals surface area (Å²) in [6.07, 6.45) is 3.86. The van der Waals surface area contributed by atoms with E-state index in [1.165, 1.54) is 0 Å². The molecule has 9 nitrogen and oxygen atoms in total. The Balaban J connectivity index is 2.29. The first-order chi connectivity index (χ1) is 15.8. The molecular formula is C25H40N2O7. The summed E-state index contributed by atoms with van der Waals surface area (Å²) in [5.41, 5.74) is -2.84. The molecule has 0 saturated carbocycles. The van der Waals surface area contributed by atoms with Gasteiger partial charge in [0.1, 0.15) is 0 Å². The molecule has 0 spiro atoms. The second-order valence-electron chi connectivity index (χ2n) is 10.7. The maximum Gasteiger partial charge on any atom is 0.338 e. The van der Waals surface area contributed by atoms with Crippen molar-refractivity contribution in [2.45, 2.75) is 105 Å². The van der Waals surface area contributed by atoms with Crippen molar-refractivity contribution in [1.82, 2.24) is 9.96 Å². The van der Waals surface area contributed by atoms with E-state index in [0.29, 0.717) is 43.9 Å². The summed E-state index contributed by atoms with van der Waals surface area (Å²) in [4.78, 5) is 69.7. The van der Waals surface area contributed by atoms with E-state index in [0.717, 1.165) is 12.8 Å². The number of carbonyl (C=O) groups excluding carboxylic acids is 5. The van der Waals surface area contributed by atoms with Crippen LogP contribution in [0.15, 0.2) is 0 Å². The minimum atomic E-state index is -1.14. The number of imide groups is 1. The van der Waals surface area contributed by atoms with Gasteiger partial charge < -0.3 is 14.5 Å². The average molecular weight is 481 g/mol. The van der Waals surface area contributed by atoms with Gasteiger partial charge in [-0.1, -0.05) is 20.3 Å². The third-order valence-electron chi connectivity index (χ3n) is 7.06. The third kappa shape index (κ3) is 6.16. The molecule has 2 heterocycles. The zero-order valence-electron chi connectivity index (χ0n) is 21.5. The lowest BCUT2D eigenvalue weighted by Crippen LogP contribution is -2.54. The normalized spacial score (nSPS) is 20.4. The second-order valence-corrected chi connectivity index (χ2v) is 10.7. The predicted octanol–water partition coefficient (Wildman–Crippen LogP) is 3.54. The van der Waals surface area contributed by atoms with Crippen LogP contribution >= 0.6 is 0 Å². The Morgan fingerprint density at radius 2 is 1.50 bits per heavy atom. The molecule has 0 aliphatic carbocycles. The van der Waals surface area contributed by atoms with E-state index in [1.54, 1.807) is 18.7 Å². The van der Waals surface area contributed by atoms with Crippen LogP contribution in [0.2, 0.25) is 0 Å². The van der Waals surface area contributed by atoms with Crippen LogP contribution in [-0.4, -0.2) is 58.3 Å². The van der Waals surface area contributed by atoms with Crippen molar-refractivity contribution in [3.05, 3.63) is 0 Å². The molecule has 9 heteroatoms. The Bertz CT molecular complexity index is 808. The van der Waals surface area contributed by atoms with Crippen LogP contribution in [-0.2, 0) is 33.5 Å². The van der Waals surface area contributed by atoms with Crippen molar-refractivity contribution < 1.29 is 33.5 Å². The van der Waals surface area contributed by atoms with Gasteiger partial charge >= 0.3 is 11.9 Å². The molecular weight excluding hydrogens is 440 g/mol. The van der Waals surface area contributed by atoms with Crippen LogP contribution < -0.4 is 0 Å².